The zero-order valence-electron chi connectivity index (χ0n) is 18.2. The third-order valence-corrected chi connectivity index (χ3v) is 5.69. The fraction of sp³-hybridized carbons (Fsp3) is 0.207. The molecule has 0 N–H and O–H groups in total. The Morgan fingerprint density at radius 1 is 0.935 bits per heavy atom. The summed E-state index contributed by atoms with van der Waals surface area (Å²) >= 11 is 0. The van der Waals surface area contributed by atoms with Crippen molar-refractivity contribution in [3.05, 3.63) is 112 Å². The van der Waals surface area contributed by atoms with Gasteiger partial charge in [0.05, 0.1) is 12.2 Å². The van der Waals surface area contributed by atoms with Crippen LogP contribution in [-0.4, -0.2) is 12.6 Å². The van der Waals surface area contributed by atoms with E-state index in [-0.39, 0.29) is 11.4 Å². The van der Waals surface area contributed by atoms with E-state index in [1.165, 1.54) is 22.3 Å². The minimum Gasteiger partial charge on any atom is -0.462 e. The SMILES string of the molecule is CCOC(=O)c1ccc(C#Cc2ccc3c(c2)C(C)(C)CC=C3c2ccccc2)cc1. The molecule has 0 bridgehead atoms. The smallest absolute Gasteiger partial charge is 0.338 e. The second-order valence-corrected chi connectivity index (χ2v) is 8.38. The van der Waals surface area contributed by atoms with Crippen molar-refractivity contribution in [1.29, 1.82) is 0 Å². The maximum Gasteiger partial charge on any atom is 0.338 e. The van der Waals surface area contributed by atoms with E-state index in [1.807, 2.05) is 12.1 Å². The summed E-state index contributed by atoms with van der Waals surface area (Å²) in [6.45, 7) is 6.75. The predicted octanol–water partition coefficient (Wildman–Crippen LogP) is 6.38. The third kappa shape index (κ3) is 4.47. The molecule has 31 heavy (non-hydrogen) atoms. The number of benzene rings is 3. The van der Waals surface area contributed by atoms with Gasteiger partial charge < -0.3 is 4.74 Å². The minimum absolute atomic E-state index is 0.0621. The minimum atomic E-state index is -0.304. The normalized spacial score (nSPS) is 14.0. The molecule has 0 aromatic heterocycles. The molecule has 3 aromatic rings. The molecule has 0 aliphatic heterocycles. The molecule has 0 fully saturated rings. The quantitative estimate of drug-likeness (QED) is 0.373. The molecule has 0 saturated carbocycles. The summed E-state index contributed by atoms with van der Waals surface area (Å²) in [6, 6.07) is 24.3. The molecule has 0 heterocycles. The molecule has 2 heteroatoms. The van der Waals surface area contributed by atoms with Crippen LogP contribution in [0.3, 0.4) is 0 Å². The number of ether oxygens (including phenoxy) is 1. The van der Waals surface area contributed by atoms with Gasteiger partial charge in [-0.1, -0.05) is 68.2 Å². The number of rotatable bonds is 3. The van der Waals surface area contributed by atoms with Crippen LogP contribution in [0.15, 0.2) is 78.9 Å². The highest BCUT2D eigenvalue weighted by molar-refractivity contribution is 5.89. The lowest BCUT2D eigenvalue weighted by Crippen LogP contribution is -2.22. The van der Waals surface area contributed by atoms with Crippen LogP contribution < -0.4 is 0 Å². The Morgan fingerprint density at radius 2 is 1.61 bits per heavy atom. The van der Waals surface area contributed by atoms with Crippen molar-refractivity contribution in [1.82, 2.24) is 0 Å². The Bertz CT molecular complexity index is 1190. The first kappa shape index (κ1) is 20.7. The van der Waals surface area contributed by atoms with Gasteiger partial charge in [-0.15, -0.1) is 0 Å². The summed E-state index contributed by atoms with van der Waals surface area (Å²) < 4.78 is 5.03. The Labute approximate surface area is 184 Å². The highest BCUT2D eigenvalue weighted by atomic mass is 16.5. The van der Waals surface area contributed by atoms with Gasteiger partial charge in [0.1, 0.15) is 0 Å². The average Bonchev–Trinajstić information content (AvgIpc) is 2.79. The molecule has 0 saturated heterocycles. The van der Waals surface area contributed by atoms with E-state index in [2.05, 4.69) is 80.3 Å². The Morgan fingerprint density at radius 3 is 2.32 bits per heavy atom. The van der Waals surface area contributed by atoms with Crippen LogP contribution in [0.25, 0.3) is 5.57 Å². The molecular formula is C29H26O2. The number of hydrogen-bond acceptors (Lipinski definition) is 2. The van der Waals surface area contributed by atoms with E-state index in [1.54, 1.807) is 19.1 Å². The summed E-state index contributed by atoms with van der Waals surface area (Å²) in [7, 11) is 0. The van der Waals surface area contributed by atoms with E-state index >= 15 is 0 Å². The molecule has 0 unspecified atom stereocenters. The molecule has 1 aliphatic rings. The van der Waals surface area contributed by atoms with Crippen molar-refractivity contribution in [2.75, 3.05) is 6.61 Å². The summed E-state index contributed by atoms with van der Waals surface area (Å²) in [5.41, 5.74) is 7.63. The van der Waals surface area contributed by atoms with Gasteiger partial charge in [0.15, 0.2) is 0 Å². The van der Waals surface area contributed by atoms with Gasteiger partial charge in [0.2, 0.25) is 0 Å². The number of hydrogen-bond donors (Lipinski definition) is 0. The van der Waals surface area contributed by atoms with E-state index < -0.39 is 0 Å². The van der Waals surface area contributed by atoms with Crippen LogP contribution in [0.4, 0.5) is 0 Å². The fourth-order valence-electron chi connectivity index (χ4n) is 3.93. The Balaban J connectivity index is 1.63. The molecule has 1 aliphatic carbocycles. The number of esters is 1. The first-order valence-electron chi connectivity index (χ1n) is 10.7. The fourth-order valence-corrected chi connectivity index (χ4v) is 3.93. The van der Waals surface area contributed by atoms with Gasteiger partial charge in [-0.05, 0) is 77.4 Å². The summed E-state index contributed by atoms with van der Waals surface area (Å²) in [5.74, 6) is 6.21. The predicted molar refractivity (Wildman–Crippen MR) is 126 cm³/mol. The zero-order chi connectivity index (χ0) is 21.8. The van der Waals surface area contributed by atoms with Gasteiger partial charge in [0, 0.05) is 11.1 Å². The molecular weight excluding hydrogens is 380 g/mol. The maximum absolute atomic E-state index is 11.8. The van der Waals surface area contributed by atoms with Gasteiger partial charge in [-0.2, -0.15) is 0 Å². The molecule has 0 spiro atoms. The topological polar surface area (TPSA) is 26.3 Å². The van der Waals surface area contributed by atoms with E-state index in [4.69, 9.17) is 4.74 Å². The summed E-state index contributed by atoms with van der Waals surface area (Å²) in [5, 5.41) is 0. The van der Waals surface area contributed by atoms with Gasteiger partial charge in [-0.25, -0.2) is 4.79 Å². The van der Waals surface area contributed by atoms with Gasteiger partial charge in [0.25, 0.3) is 0 Å². The average molecular weight is 407 g/mol. The molecule has 154 valence electrons. The first-order valence-corrected chi connectivity index (χ1v) is 10.7. The lowest BCUT2D eigenvalue weighted by atomic mass is 9.72. The van der Waals surface area contributed by atoms with E-state index in [0.717, 1.165) is 17.5 Å². The number of carbonyl (C=O) groups is 1. The van der Waals surface area contributed by atoms with Crippen LogP contribution in [-0.2, 0) is 10.2 Å². The van der Waals surface area contributed by atoms with Crippen molar-refractivity contribution in [3.63, 3.8) is 0 Å². The van der Waals surface area contributed by atoms with Gasteiger partial charge in [-0.3, -0.25) is 0 Å². The van der Waals surface area contributed by atoms with E-state index in [0.29, 0.717) is 12.2 Å². The van der Waals surface area contributed by atoms with Crippen molar-refractivity contribution in [2.24, 2.45) is 0 Å². The second kappa shape index (κ2) is 8.66. The highest BCUT2D eigenvalue weighted by Gasteiger charge is 2.28. The number of fused-ring (bicyclic) bond motifs is 1. The molecule has 2 nitrogen and oxygen atoms in total. The maximum atomic E-state index is 11.8. The van der Waals surface area contributed by atoms with Crippen LogP contribution in [0.5, 0.6) is 0 Å². The van der Waals surface area contributed by atoms with Crippen LogP contribution in [0, 0.1) is 11.8 Å². The van der Waals surface area contributed by atoms with Crippen molar-refractivity contribution in [3.8, 4) is 11.8 Å². The van der Waals surface area contributed by atoms with E-state index in [9.17, 15) is 4.79 Å². The largest absolute Gasteiger partial charge is 0.462 e. The molecule has 0 radical (unpaired) electrons. The van der Waals surface area contributed by atoms with Crippen molar-refractivity contribution < 1.29 is 9.53 Å². The first-order chi connectivity index (χ1) is 15.0. The van der Waals surface area contributed by atoms with Crippen LogP contribution >= 0.6 is 0 Å². The lowest BCUT2D eigenvalue weighted by molar-refractivity contribution is 0.0526. The van der Waals surface area contributed by atoms with Crippen LogP contribution in [0.1, 0.15) is 65.4 Å². The van der Waals surface area contributed by atoms with Crippen molar-refractivity contribution >= 4 is 11.5 Å². The monoisotopic (exact) mass is 406 g/mol. The third-order valence-electron chi connectivity index (χ3n) is 5.69. The molecule has 0 atom stereocenters. The Kier molecular flexibility index (Phi) is 5.78. The molecule has 0 amide bonds. The summed E-state index contributed by atoms with van der Waals surface area (Å²) in [6.07, 6.45) is 3.35. The zero-order valence-corrected chi connectivity index (χ0v) is 18.2. The lowest BCUT2D eigenvalue weighted by Gasteiger charge is -2.32. The van der Waals surface area contributed by atoms with Crippen molar-refractivity contribution in [2.45, 2.75) is 32.6 Å². The number of allylic oxidation sites excluding steroid dienone is 1. The second-order valence-electron chi connectivity index (χ2n) is 8.38. The Hall–Kier alpha value is -3.57. The standard InChI is InChI=1S/C29H26O2/c1-4-31-28(30)24-15-12-21(13-16-24)10-11-22-14-17-26-25(23-8-6-5-7-9-23)18-19-29(2,3)27(26)20-22/h5-9,12-18,20H,4,19H2,1-3H3. The molecule has 4 rings (SSSR count). The highest BCUT2D eigenvalue weighted by Crippen LogP contribution is 2.41. The van der Waals surface area contributed by atoms with Crippen LogP contribution in [0.2, 0.25) is 0 Å². The summed E-state index contributed by atoms with van der Waals surface area (Å²) in [4.78, 5) is 11.8. The van der Waals surface area contributed by atoms with Gasteiger partial charge >= 0.3 is 5.97 Å². The molecule has 3 aromatic carbocycles. The number of carbonyl (C=O) groups excluding carboxylic acids is 1.